The second-order valence-electron chi connectivity index (χ2n) is 4.74. The van der Waals surface area contributed by atoms with Crippen LogP contribution in [0.2, 0.25) is 0 Å². The highest BCUT2D eigenvalue weighted by Crippen LogP contribution is 2.16. The van der Waals surface area contributed by atoms with Crippen molar-refractivity contribution in [2.45, 2.75) is 25.7 Å². The number of nitrogens with one attached hydrogen (secondary N) is 1. The molecule has 5 heteroatoms. The van der Waals surface area contributed by atoms with Crippen molar-refractivity contribution in [3.05, 3.63) is 0 Å². The Balaban J connectivity index is 0.00000144. The Kier molecular flexibility index (Phi) is 7.32. The molecule has 0 saturated carbocycles. The second kappa shape index (κ2) is 8.22. The van der Waals surface area contributed by atoms with Crippen LogP contribution in [0.15, 0.2) is 0 Å². The normalized spacial score (nSPS) is 25.2. The zero-order valence-electron chi connectivity index (χ0n) is 10.3. The molecule has 0 bridgehead atoms. The van der Waals surface area contributed by atoms with Gasteiger partial charge in [-0.1, -0.05) is 0 Å². The van der Waals surface area contributed by atoms with E-state index < -0.39 is 0 Å². The molecule has 0 radical (unpaired) electrons. The van der Waals surface area contributed by atoms with Crippen LogP contribution in [0.1, 0.15) is 25.7 Å². The van der Waals surface area contributed by atoms with Gasteiger partial charge in [-0.2, -0.15) is 11.8 Å². The Morgan fingerprint density at radius 3 is 3.00 bits per heavy atom. The molecule has 0 spiro atoms. The molecule has 1 unspecified atom stereocenters. The molecule has 2 saturated heterocycles. The fourth-order valence-corrected chi connectivity index (χ4v) is 3.33. The topological polar surface area (TPSA) is 32.3 Å². The van der Waals surface area contributed by atoms with Crippen molar-refractivity contribution < 1.29 is 4.79 Å². The van der Waals surface area contributed by atoms with Crippen LogP contribution in [0, 0.1) is 5.92 Å². The van der Waals surface area contributed by atoms with E-state index in [1.807, 2.05) is 11.8 Å². The standard InChI is InChI=1S/C12H22N2OS.ClH/c15-12(3-2-11-4-5-13-10-11)14-6-1-8-16-9-7-14;/h11,13H,1-10H2;1H. The van der Waals surface area contributed by atoms with Crippen molar-refractivity contribution in [1.29, 1.82) is 0 Å². The summed E-state index contributed by atoms with van der Waals surface area (Å²) in [7, 11) is 0. The lowest BCUT2D eigenvalue weighted by atomic mass is 10.0. The van der Waals surface area contributed by atoms with Crippen LogP contribution in [-0.4, -0.2) is 48.5 Å². The van der Waals surface area contributed by atoms with Crippen LogP contribution in [-0.2, 0) is 4.79 Å². The number of halogens is 1. The maximum Gasteiger partial charge on any atom is 0.222 e. The molecule has 0 aromatic rings. The molecule has 2 rings (SSSR count). The van der Waals surface area contributed by atoms with Crippen molar-refractivity contribution in [2.75, 3.05) is 37.7 Å². The molecule has 3 nitrogen and oxygen atoms in total. The number of amides is 1. The molecule has 2 aliphatic heterocycles. The molecule has 17 heavy (non-hydrogen) atoms. The number of carbonyl (C=O) groups excluding carboxylic acids is 1. The van der Waals surface area contributed by atoms with E-state index in [1.165, 1.54) is 18.6 Å². The molecule has 1 atom stereocenters. The Labute approximate surface area is 114 Å². The highest BCUT2D eigenvalue weighted by atomic mass is 35.5. The first kappa shape index (κ1) is 15.1. The lowest BCUT2D eigenvalue weighted by molar-refractivity contribution is -0.131. The summed E-state index contributed by atoms with van der Waals surface area (Å²) in [5, 5.41) is 3.36. The van der Waals surface area contributed by atoms with E-state index in [9.17, 15) is 4.79 Å². The third-order valence-electron chi connectivity index (χ3n) is 3.50. The Morgan fingerprint density at radius 2 is 2.24 bits per heavy atom. The lowest BCUT2D eigenvalue weighted by Gasteiger charge is -2.20. The van der Waals surface area contributed by atoms with Crippen LogP contribution in [0.25, 0.3) is 0 Å². The van der Waals surface area contributed by atoms with E-state index in [-0.39, 0.29) is 12.4 Å². The van der Waals surface area contributed by atoms with E-state index in [4.69, 9.17) is 0 Å². The Morgan fingerprint density at radius 1 is 1.35 bits per heavy atom. The molecule has 0 aliphatic carbocycles. The van der Waals surface area contributed by atoms with Crippen molar-refractivity contribution in [2.24, 2.45) is 5.92 Å². The molecule has 100 valence electrons. The van der Waals surface area contributed by atoms with Gasteiger partial charge in [-0.05, 0) is 44.0 Å². The molecule has 1 N–H and O–H groups in total. The lowest BCUT2D eigenvalue weighted by Crippen LogP contribution is -2.33. The van der Waals surface area contributed by atoms with Gasteiger partial charge in [0.25, 0.3) is 0 Å². The molecule has 2 heterocycles. The number of nitrogens with zero attached hydrogens (tertiary/aromatic N) is 1. The predicted octanol–water partition coefficient (Wildman–Crippen LogP) is 1.76. The summed E-state index contributed by atoms with van der Waals surface area (Å²) in [6.45, 7) is 4.20. The van der Waals surface area contributed by atoms with Gasteiger partial charge in [0.05, 0.1) is 0 Å². The first-order valence-corrected chi connectivity index (χ1v) is 7.58. The highest BCUT2D eigenvalue weighted by molar-refractivity contribution is 7.99. The van der Waals surface area contributed by atoms with Gasteiger partial charge in [-0.15, -0.1) is 12.4 Å². The SMILES string of the molecule is Cl.O=C(CCC1CCNC1)N1CCCSCC1. The average Bonchev–Trinajstić information content (AvgIpc) is 2.66. The van der Waals surface area contributed by atoms with Crippen LogP contribution in [0.4, 0.5) is 0 Å². The number of carbonyl (C=O) groups is 1. The summed E-state index contributed by atoms with van der Waals surface area (Å²) in [5.41, 5.74) is 0. The number of hydrogen-bond donors (Lipinski definition) is 1. The average molecular weight is 279 g/mol. The molecular formula is C12H23ClN2OS. The fourth-order valence-electron chi connectivity index (χ4n) is 2.44. The minimum atomic E-state index is 0. The molecule has 2 fully saturated rings. The van der Waals surface area contributed by atoms with Gasteiger partial charge in [0.15, 0.2) is 0 Å². The van der Waals surface area contributed by atoms with Crippen molar-refractivity contribution in [1.82, 2.24) is 10.2 Å². The summed E-state index contributed by atoms with van der Waals surface area (Å²) in [6.07, 6.45) is 4.26. The van der Waals surface area contributed by atoms with E-state index in [1.54, 1.807) is 0 Å². The second-order valence-corrected chi connectivity index (χ2v) is 5.97. The minimum absolute atomic E-state index is 0. The summed E-state index contributed by atoms with van der Waals surface area (Å²) in [6, 6.07) is 0. The third-order valence-corrected chi connectivity index (χ3v) is 4.55. The van der Waals surface area contributed by atoms with E-state index in [0.717, 1.165) is 50.7 Å². The quantitative estimate of drug-likeness (QED) is 0.854. The summed E-state index contributed by atoms with van der Waals surface area (Å²) in [4.78, 5) is 14.1. The minimum Gasteiger partial charge on any atom is -0.342 e. The number of hydrogen-bond acceptors (Lipinski definition) is 3. The van der Waals surface area contributed by atoms with E-state index in [2.05, 4.69) is 10.2 Å². The van der Waals surface area contributed by atoms with Crippen molar-refractivity contribution in [3.63, 3.8) is 0 Å². The molecule has 0 aromatic heterocycles. The van der Waals surface area contributed by atoms with Gasteiger partial charge in [0.1, 0.15) is 0 Å². The predicted molar refractivity (Wildman–Crippen MR) is 76.0 cm³/mol. The van der Waals surface area contributed by atoms with Gasteiger partial charge in [0, 0.05) is 25.3 Å². The number of rotatable bonds is 3. The summed E-state index contributed by atoms with van der Waals surface area (Å²) < 4.78 is 0. The van der Waals surface area contributed by atoms with Gasteiger partial charge in [0.2, 0.25) is 5.91 Å². The van der Waals surface area contributed by atoms with Crippen LogP contribution < -0.4 is 5.32 Å². The first-order valence-electron chi connectivity index (χ1n) is 6.42. The van der Waals surface area contributed by atoms with Crippen LogP contribution in [0.3, 0.4) is 0 Å². The van der Waals surface area contributed by atoms with Gasteiger partial charge < -0.3 is 10.2 Å². The fraction of sp³-hybridized carbons (Fsp3) is 0.917. The third kappa shape index (κ3) is 5.06. The molecular weight excluding hydrogens is 256 g/mol. The van der Waals surface area contributed by atoms with E-state index in [0.29, 0.717) is 5.91 Å². The summed E-state index contributed by atoms with van der Waals surface area (Å²) >= 11 is 1.98. The zero-order valence-corrected chi connectivity index (χ0v) is 12.0. The monoisotopic (exact) mass is 278 g/mol. The largest absolute Gasteiger partial charge is 0.342 e. The van der Waals surface area contributed by atoms with Crippen LogP contribution in [0.5, 0.6) is 0 Å². The van der Waals surface area contributed by atoms with E-state index >= 15 is 0 Å². The van der Waals surface area contributed by atoms with Gasteiger partial charge in [-0.3, -0.25) is 4.79 Å². The molecule has 1 amide bonds. The first-order chi connectivity index (χ1) is 7.86. The summed E-state index contributed by atoms with van der Waals surface area (Å²) in [5.74, 6) is 3.47. The molecule has 2 aliphatic rings. The smallest absolute Gasteiger partial charge is 0.222 e. The highest BCUT2D eigenvalue weighted by Gasteiger charge is 2.19. The van der Waals surface area contributed by atoms with Gasteiger partial charge in [-0.25, -0.2) is 0 Å². The van der Waals surface area contributed by atoms with Crippen molar-refractivity contribution >= 4 is 30.1 Å². The zero-order chi connectivity index (χ0) is 11.2. The Hall–Kier alpha value is 0.0700. The maximum atomic E-state index is 12.0. The molecule has 0 aromatic carbocycles. The van der Waals surface area contributed by atoms with Gasteiger partial charge >= 0.3 is 0 Å². The number of thioether (sulfide) groups is 1. The maximum absolute atomic E-state index is 12.0. The Bertz CT molecular complexity index is 227. The van der Waals surface area contributed by atoms with Crippen molar-refractivity contribution in [3.8, 4) is 0 Å². The van der Waals surface area contributed by atoms with Crippen LogP contribution >= 0.6 is 24.2 Å².